The monoisotopic (exact) mass is 655 g/mol. The van der Waals surface area contributed by atoms with Crippen molar-refractivity contribution < 1.29 is 47.4 Å². The van der Waals surface area contributed by atoms with Crippen molar-refractivity contribution in [1.82, 2.24) is 15.2 Å². The zero-order chi connectivity index (χ0) is 31.5. The fourth-order valence-electron chi connectivity index (χ4n) is 4.05. The van der Waals surface area contributed by atoms with Gasteiger partial charge in [0, 0.05) is 23.3 Å². The van der Waals surface area contributed by atoms with Crippen molar-refractivity contribution in [1.29, 1.82) is 0 Å². The highest BCUT2D eigenvalue weighted by molar-refractivity contribution is 8.00. The quantitative estimate of drug-likeness (QED) is 0.0531. The lowest BCUT2D eigenvalue weighted by Gasteiger charge is -2.49. The van der Waals surface area contributed by atoms with E-state index < -0.39 is 63.2 Å². The number of sulfonamides is 1. The highest BCUT2D eigenvalue weighted by Crippen LogP contribution is 2.40. The molecule has 43 heavy (non-hydrogen) atoms. The Morgan fingerprint density at radius 3 is 2.65 bits per heavy atom. The predicted octanol–water partition coefficient (Wildman–Crippen LogP) is -0.923. The molecule has 1 saturated heterocycles. The molecule has 2 aromatic rings. The number of thiazole rings is 1. The van der Waals surface area contributed by atoms with Crippen molar-refractivity contribution in [2.75, 3.05) is 42.2 Å². The number of aromatic nitrogens is 1. The predicted molar refractivity (Wildman–Crippen MR) is 155 cm³/mol. The van der Waals surface area contributed by atoms with E-state index in [1.165, 1.54) is 18.6 Å². The van der Waals surface area contributed by atoms with Gasteiger partial charge in [-0.3, -0.25) is 19.2 Å². The molecule has 2 aliphatic heterocycles. The van der Waals surface area contributed by atoms with Gasteiger partial charge in [-0.05, 0) is 18.2 Å². The normalized spacial score (nSPS) is 18.4. The van der Waals surface area contributed by atoms with Crippen LogP contribution in [0.3, 0.4) is 0 Å². The lowest BCUT2D eigenvalue weighted by molar-refractivity contribution is -0.150. The Labute approximate surface area is 251 Å². The number of carbonyl (C=O) groups excluding carboxylic acids is 3. The molecule has 0 unspecified atom stereocenters. The number of nitrogens with zero attached hydrogens (tertiary/aromatic N) is 3. The summed E-state index contributed by atoms with van der Waals surface area (Å²) in [4.78, 5) is 60.3. The Morgan fingerprint density at radius 1 is 1.30 bits per heavy atom. The number of thioether (sulfide) groups is 1. The highest BCUT2D eigenvalue weighted by Gasteiger charge is 2.54. The van der Waals surface area contributed by atoms with Gasteiger partial charge in [0.2, 0.25) is 10.0 Å². The number of aliphatic carboxylic acids is 1. The van der Waals surface area contributed by atoms with Crippen LogP contribution in [-0.2, 0) is 34.0 Å². The number of aromatic hydroxyl groups is 1. The lowest BCUT2D eigenvalue weighted by Crippen LogP contribution is -2.71. The molecule has 8 N–H and O–H groups in total. The number of nitrogens with one attached hydrogen (secondary N) is 2. The van der Waals surface area contributed by atoms with Crippen molar-refractivity contribution in [2.45, 2.75) is 11.4 Å². The number of β-lactam (4-membered cyclic amide) rings is 1. The second-order valence-corrected chi connectivity index (χ2v) is 12.7. The largest absolute Gasteiger partial charge is 0.506 e. The van der Waals surface area contributed by atoms with E-state index in [2.05, 4.69) is 20.2 Å². The average molecular weight is 656 g/mol. The third kappa shape index (κ3) is 6.82. The second-order valence-electron chi connectivity index (χ2n) is 8.83. The standard InChI is InChI=1S/C23H25N7O10S3/c1-39-28-15(13-9-42-23(25)26-13)18(32)27-16-19(33)30-17(21(34)35)11(8-41-20(16)30)7-40-22(36)10-2-3-12(14(31)6-10)29-43(37,38)5-4-24/h2-3,6,9,16,20,29,31H,4-5,7-8,24H2,1H3,(H2,25,26)(H,27,32)(H,34,35)/b28-15+/t16-,20-/m1/s1. The number of amides is 2. The van der Waals surface area contributed by atoms with E-state index in [1.54, 1.807) is 0 Å². The number of ether oxygens (including phenoxy) is 1. The number of phenolic OH excluding ortho intramolecular Hbond substituents is 1. The van der Waals surface area contributed by atoms with Crippen molar-refractivity contribution in [3.8, 4) is 5.75 Å². The molecule has 20 heteroatoms. The summed E-state index contributed by atoms with van der Waals surface area (Å²) in [6.07, 6.45) is 0. The summed E-state index contributed by atoms with van der Waals surface area (Å²) in [5.74, 6) is -4.76. The summed E-state index contributed by atoms with van der Waals surface area (Å²) in [6.45, 7) is -0.637. The van der Waals surface area contributed by atoms with Gasteiger partial charge in [-0.25, -0.2) is 23.0 Å². The molecule has 230 valence electrons. The molecular weight excluding hydrogens is 630 g/mol. The number of esters is 1. The number of fused-ring (bicyclic) bond motifs is 1. The van der Waals surface area contributed by atoms with Crippen LogP contribution in [0.15, 0.2) is 40.0 Å². The zero-order valence-corrected chi connectivity index (χ0v) is 24.6. The summed E-state index contributed by atoms with van der Waals surface area (Å²) in [7, 11) is -2.58. The minimum atomic E-state index is -3.81. The second kappa shape index (κ2) is 12.9. The average Bonchev–Trinajstić information content (AvgIpc) is 3.38. The number of oxime groups is 1. The number of anilines is 2. The Morgan fingerprint density at radius 2 is 2.05 bits per heavy atom. The maximum atomic E-state index is 13.0. The number of benzene rings is 1. The minimum absolute atomic E-state index is 0.0461. The molecule has 2 amide bonds. The fraction of sp³-hybridized carbons (Fsp3) is 0.304. The van der Waals surface area contributed by atoms with Crippen LogP contribution in [0.2, 0.25) is 0 Å². The Kier molecular flexibility index (Phi) is 9.43. The fourth-order valence-corrected chi connectivity index (χ4v) is 6.85. The van der Waals surface area contributed by atoms with Gasteiger partial charge in [-0.1, -0.05) is 5.16 Å². The van der Waals surface area contributed by atoms with Crippen LogP contribution >= 0.6 is 23.1 Å². The Bertz CT molecular complexity index is 1640. The molecule has 1 aromatic carbocycles. The minimum Gasteiger partial charge on any atom is -0.506 e. The number of carbonyl (C=O) groups is 4. The van der Waals surface area contributed by atoms with Crippen LogP contribution < -0.4 is 21.5 Å². The molecule has 0 spiro atoms. The number of phenols is 1. The first kappa shape index (κ1) is 31.5. The molecular formula is C23H25N7O10S3. The molecule has 2 aliphatic rings. The molecule has 1 aromatic heterocycles. The SMILES string of the molecule is CO/N=C(/C(=O)N[C@@H]1C(=O)N2C(C(=O)O)=C(COC(=O)c3ccc(NS(=O)(=O)CCN)c(O)c3)CS[C@H]12)c1csc(N)n1. The van der Waals surface area contributed by atoms with Gasteiger partial charge in [-0.15, -0.1) is 23.1 Å². The maximum Gasteiger partial charge on any atom is 0.352 e. The van der Waals surface area contributed by atoms with Crippen LogP contribution in [0.5, 0.6) is 5.75 Å². The third-order valence-corrected chi connectivity index (χ3v) is 9.28. The summed E-state index contributed by atoms with van der Waals surface area (Å²) < 4.78 is 31.1. The third-order valence-electron chi connectivity index (χ3n) is 5.96. The first-order valence-electron chi connectivity index (χ1n) is 12.1. The van der Waals surface area contributed by atoms with Crippen LogP contribution in [0.25, 0.3) is 0 Å². The van der Waals surface area contributed by atoms with Gasteiger partial charge >= 0.3 is 11.9 Å². The highest BCUT2D eigenvalue weighted by atomic mass is 32.2. The number of carboxylic acids is 1. The van der Waals surface area contributed by atoms with Gasteiger partial charge in [0.1, 0.15) is 42.3 Å². The van der Waals surface area contributed by atoms with E-state index in [-0.39, 0.29) is 51.4 Å². The molecule has 4 rings (SSSR count). The van der Waals surface area contributed by atoms with Gasteiger partial charge in [0.15, 0.2) is 10.8 Å². The van der Waals surface area contributed by atoms with Crippen LogP contribution in [0.1, 0.15) is 16.1 Å². The first-order valence-corrected chi connectivity index (χ1v) is 15.7. The number of carboxylic acid groups (broad SMARTS) is 1. The van der Waals surface area contributed by atoms with Crippen molar-refractivity contribution in [3.05, 3.63) is 46.1 Å². The van der Waals surface area contributed by atoms with Gasteiger partial charge in [0.25, 0.3) is 11.8 Å². The van der Waals surface area contributed by atoms with E-state index in [4.69, 9.17) is 21.0 Å². The Hall–Kier alpha value is -4.40. The van der Waals surface area contributed by atoms with Gasteiger partial charge < -0.3 is 36.6 Å². The molecule has 3 heterocycles. The van der Waals surface area contributed by atoms with Crippen molar-refractivity contribution in [2.24, 2.45) is 10.9 Å². The number of nitrogens with two attached hydrogens (primary N) is 2. The van der Waals surface area contributed by atoms with Crippen molar-refractivity contribution >= 4 is 73.4 Å². The number of nitrogen functional groups attached to an aromatic ring is 1. The summed E-state index contributed by atoms with van der Waals surface area (Å²) in [5.41, 5.74) is 10.2. The molecule has 0 bridgehead atoms. The van der Waals surface area contributed by atoms with E-state index in [1.807, 2.05) is 0 Å². The number of rotatable bonds is 12. The number of hydrogen-bond acceptors (Lipinski definition) is 15. The zero-order valence-electron chi connectivity index (χ0n) is 22.2. The molecule has 0 radical (unpaired) electrons. The van der Waals surface area contributed by atoms with Crippen molar-refractivity contribution in [3.63, 3.8) is 0 Å². The molecule has 1 fully saturated rings. The summed E-state index contributed by atoms with van der Waals surface area (Å²) in [6, 6.07) is 2.25. The van der Waals surface area contributed by atoms with E-state index in [9.17, 15) is 37.8 Å². The smallest absolute Gasteiger partial charge is 0.352 e. The first-order chi connectivity index (χ1) is 20.4. The topological polar surface area (TPSA) is 266 Å². The van der Waals surface area contributed by atoms with E-state index >= 15 is 0 Å². The number of hydrogen-bond donors (Lipinski definition) is 6. The van der Waals surface area contributed by atoms with Crippen LogP contribution in [0, 0.1) is 0 Å². The lowest BCUT2D eigenvalue weighted by atomic mass is 10.0. The van der Waals surface area contributed by atoms with Crippen LogP contribution in [0.4, 0.5) is 10.8 Å². The Balaban J connectivity index is 1.44. The molecule has 17 nitrogen and oxygen atoms in total. The molecule has 0 aliphatic carbocycles. The van der Waals surface area contributed by atoms with Gasteiger partial charge in [-0.2, -0.15) is 0 Å². The van der Waals surface area contributed by atoms with Crippen LogP contribution in [-0.4, -0.2) is 101 Å². The molecule has 2 atom stereocenters. The van der Waals surface area contributed by atoms with E-state index in [0.717, 1.165) is 40.1 Å². The maximum absolute atomic E-state index is 13.0. The summed E-state index contributed by atoms with van der Waals surface area (Å²) >= 11 is 2.21. The summed E-state index contributed by atoms with van der Waals surface area (Å²) in [5, 5.41) is 27.1. The van der Waals surface area contributed by atoms with E-state index in [0.29, 0.717) is 0 Å². The molecule has 0 saturated carbocycles. The van der Waals surface area contributed by atoms with Gasteiger partial charge in [0.05, 0.1) is 17.0 Å².